The molecule has 1 aliphatic heterocycles. The zero-order chi connectivity index (χ0) is 31.3. The summed E-state index contributed by atoms with van der Waals surface area (Å²) in [6.07, 6.45) is 31.7. The number of carbonyl (C=O) groups excluding carboxylic acids is 1. The third kappa shape index (κ3) is 13.5. The van der Waals surface area contributed by atoms with Crippen molar-refractivity contribution in [3.8, 4) is 5.88 Å². The van der Waals surface area contributed by atoms with Gasteiger partial charge in [-0.05, 0) is 25.7 Å². The Hall–Kier alpha value is -1.47. The third-order valence-electron chi connectivity index (χ3n) is 9.97. The second-order valence-electron chi connectivity index (χ2n) is 14.0. The molecule has 0 spiro atoms. The number of carbonyl (C=O) groups is 1. The van der Waals surface area contributed by atoms with Gasteiger partial charge in [-0.3, -0.25) is 9.28 Å². The van der Waals surface area contributed by atoms with E-state index in [2.05, 4.69) is 35.7 Å². The predicted molar refractivity (Wildman–Crippen MR) is 185 cm³/mol. The fourth-order valence-corrected chi connectivity index (χ4v) is 7.79. The lowest BCUT2D eigenvalue weighted by Gasteiger charge is -2.46. The van der Waals surface area contributed by atoms with Crippen molar-refractivity contribution in [2.45, 2.75) is 174 Å². The molecule has 0 amide bonds. The van der Waals surface area contributed by atoms with Crippen molar-refractivity contribution in [3.63, 3.8) is 0 Å². The van der Waals surface area contributed by atoms with Crippen LogP contribution in [0.5, 0.6) is 5.88 Å². The number of ether oxygens (including phenoxy) is 2. The maximum absolute atomic E-state index is 13.3. The summed E-state index contributed by atoms with van der Waals surface area (Å²) < 4.78 is 22.5. The number of nitrogens with zero attached hydrogens (tertiary/aromatic N) is 3. The van der Waals surface area contributed by atoms with Crippen LogP contribution in [-0.2, 0) is 9.53 Å². The number of unbranched alkanes of at least 4 members (excludes halogenated alkanes) is 15. The van der Waals surface area contributed by atoms with Crippen molar-refractivity contribution >= 4 is 23.3 Å². The van der Waals surface area contributed by atoms with Gasteiger partial charge in [-0.15, -0.1) is 4.37 Å². The molecule has 7 heteroatoms. The van der Waals surface area contributed by atoms with Crippen molar-refractivity contribution in [2.24, 2.45) is 5.92 Å². The fourth-order valence-electron chi connectivity index (χ4n) is 7.26. The number of esters is 1. The molecule has 2 atom stereocenters. The Morgan fingerprint density at radius 1 is 0.841 bits per heavy atom. The highest BCUT2D eigenvalue weighted by Gasteiger charge is 2.44. The van der Waals surface area contributed by atoms with E-state index in [9.17, 15) is 4.79 Å². The molecule has 6 nitrogen and oxygen atoms in total. The van der Waals surface area contributed by atoms with E-state index < -0.39 is 0 Å². The topological polar surface area (TPSA) is 61.3 Å². The van der Waals surface area contributed by atoms with Crippen LogP contribution in [0.3, 0.4) is 0 Å². The minimum Gasteiger partial charge on any atom is -0.475 e. The number of aromatic nitrogens is 2. The Kier molecular flexibility index (Phi) is 18.6. The van der Waals surface area contributed by atoms with Crippen molar-refractivity contribution in [1.29, 1.82) is 0 Å². The quantitative estimate of drug-likeness (QED) is 0.0644. The van der Waals surface area contributed by atoms with Crippen LogP contribution in [0.2, 0.25) is 0 Å². The Balaban J connectivity index is 1.44. The van der Waals surface area contributed by atoms with Gasteiger partial charge in [0.05, 0.1) is 31.9 Å². The van der Waals surface area contributed by atoms with Gasteiger partial charge in [0, 0.05) is 24.3 Å². The summed E-state index contributed by atoms with van der Waals surface area (Å²) in [6, 6.07) is 0. The highest BCUT2D eigenvalue weighted by molar-refractivity contribution is 6.99. The van der Waals surface area contributed by atoms with Crippen LogP contribution in [0.1, 0.15) is 174 Å². The Labute approximate surface area is 274 Å². The SMILES string of the molecule is CCCCCCCCCCCCCCCC(=O)OC(C1CCCCC1)[N+]1(C)CCC=C(c2nsnc2OCCCCCC)C1. The average Bonchev–Trinajstić information content (AvgIpc) is 3.51. The van der Waals surface area contributed by atoms with Gasteiger partial charge in [0.1, 0.15) is 12.2 Å². The first-order valence-corrected chi connectivity index (χ1v) is 19.5. The van der Waals surface area contributed by atoms with Gasteiger partial charge in [-0.1, -0.05) is 135 Å². The van der Waals surface area contributed by atoms with E-state index in [1.165, 1.54) is 126 Å². The lowest BCUT2D eigenvalue weighted by Crippen LogP contribution is -2.59. The molecule has 0 saturated heterocycles. The first-order chi connectivity index (χ1) is 21.6. The first-order valence-electron chi connectivity index (χ1n) is 18.8. The molecular weight excluding hydrogens is 566 g/mol. The fraction of sp³-hybridized carbons (Fsp3) is 0.865. The van der Waals surface area contributed by atoms with Crippen LogP contribution in [-0.4, -0.2) is 52.2 Å². The minimum absolute atomic E-state index is 0.00512. The van der Waals surface area contributed by atoms with Gasteiger partial charge in [-0.2, -0.15) is 4.37 Å². The molecule has 1 aromatic heterocycles. The van der Waals surface area contributed by atoms with Gasteiger partial charge < -0.3 is 9.47 Å². The maximum atomic E-state index is 13.3. The van der Waals surface area contributed by atoms with Crippen LogP contribution in [0.15, 0.2) is 6.08 Å². The molecule has 0 radical (unpaired) electrons. The van der Waals surface area contributed by atoms with Gasteiger partial charge in [0.25, 0.3) is 5.88 Å². The van der Waals surface area contributed by atoms with E-state index >= 15 is 0 Å². The van der Waals surface area contributed by atoms with E-state index in [0.717, 1.165) is 61.8 Å². The molecule has 0 bridgehead atoms. The lowest BCUT2D eigenvalue weighted by molar-refractivity contribution is -0.951. The van der Waals surface area contributed by atoms with E-state index in [1.54, 1.807) is 0 Å². The molecule has 0 N–H and O–H groups in total. The molecule has 1 saturated carbocycles. The molecule has 2 aliphatic rings. The van der Waals surface area contributed by atoms with Gasteiger partial charge >= 0.3 is 5.97 Å². The lowest BCUT2D eigenvalue weighted by atomic mass is 9.86. The van der Waals surface area contributed by atoms with Crippen molar-refractivity contribution in [1.82, 2.24) is 8.75 Å². The van der Waals surface area contributed by atoms with Gasteiger partial charge in [0.2, 0.25) is 6.23 Å². The molecule has 1 aromatic rings. The minimum atomic E-state index is -0.0847. The third-order valence-corrected chi connectivity index (χ3v) is 10.5. The van der Waals surface area contributed by atoms with Crippen LogP contribution in [0, 0.1) is 5.92 Å². The summed E-state index contributed by atoms with van der Waals surface area (Å²) in [7, 11) is 2.30. The average molecular weight is 633 g/mol. The highest BCUT2D eigenvalue weighted by Crippen LogP contribution is 2.37. The molecule has 0 aromatic carbocycles. The molecule has 2 unspecified atom stereocenters. The number of hydrogen-bond acceptors (Lipinski definition) is 6. The van der Waals surface area contributed by atoms with Crippen LogP contribution in [0.25, 0.3) is 5.57 Å². The molecular formula is C37H66N3O3S+. The van der Waals surface area contributed by atoms with Crippen molar-refractivity contribution in [2.75, 3.05) is 26.7 Å². The Morgan fingerprint density at radius 3 is 2.07 bits per heavy atom. The predicted octanol–water partition coefficient (Wildman–Crippen LogP) is 10.7. The van der Waals surface area contributed by atoms with Gasteiger partial charge in [-0.25, -0.2) is 0 Å². The molecule has 252 valence electrons. The zero-order valence-electron chi connectivity index (χ0n) is 28.8. The van der Waals surface area contributed by atoms with E-state index in [1.807, 2.05) is 0 Å². The number of hydrogen-bond donors (Lipinski definition) is 0. The Morgan fingerprint density at radius 2 is 1.43 bits per heavy atom. The summed E-state index contributed by atoms with van der Waals surface area (Å²) >= 11 is 1.24. The summed E-state index contributed by atoms with van der Waals surface area (Å²) in [6.45, 7) is 7.00. The highest BCUT2D eigenvalue weighted by atomic mass is 32.1. The van der Waals surface area contributed by atoms with Gasteiger partial charge in [0.15, 0.2) is 0 Å². The standard InChI is InChI=1S/C37H66N3O3S/c1-4-6-8-10-11-12-13-14-15-16-17-18-22-28-34(41)43-37(32-25-20-19-21-26-32)40(3)29-24-27-33(31-40)35-36(39-44-38-35)42-30-23-9-7-5-2/h27,32,37H,4-26,28-31H2,1-3H3/q+1. The summed E-state index contributed by atoms with van der Waals surface area (Å²) in [5.74, 6) is 1.12. The molecule has 3 rings (SSSR count). The summed E-state index contributed by atoms with van der Waals surface area (Å²) in [4.78, 5) is 13.3. The van der Waals surface area contributed by atoms with E-state index in [0.29, 0.717) is 24.8 Å². The number of rotatable bonds is 24. The zero-order valence-corrected chi connectivity index (χ0v) is 29.6. The van der Waals surface area contributed by atoms with E-state index in [4.69, 9.17) is 9.47 Å². The van der Waals surface area contributed by atoms with Crippen LogP contribution >= 0.6 is 11.7 Å². The second kappa shape index (κ2) is 22.1. The monoisotopic (exact) mass is 632 g/mol. The summed E-state index contributed by atoms with van der Waals surface area (Å²) in [5, 5.41) is 0. The van der Waals surface area contributed by atoms with Crippen molar-refractivity contribution in [3.05, 3.63) is 11.8 Å². The molecule has 2 heterocycles. The van der Waals surface area contributed by atoms with Crippen molar-refractivity contribution < 1.29 is 18.8 Å². The first kappa shape index (κ1) is 37.0. The molecule has 1 aliphatic carbocycles. The number of quaternary nitrogens is 1. The summed E-state index contributed by atoms with van der Waals surface area (Å²) in [5.41, 5.74) is 2.10. The van der Waals surface area contributed by atoms with Crippen LogP contribution < -0.4 is 4.74 Å². The smallest absolute Gasteiger partial charge is 0.310 e. The van der Waals surface area contributed by atoms with Crippen LogP contribution in [0.4, 0.5) is 0 Å². The number of likely N-dealkylation sites (N-methyl/N-ethyl adjacent to an activating group) is 1. The molecule has 1 fully saturated rings. The maximum Gasteiger partial charge on any atom is 0.310 e. The largest absolute Gasteiger partial charge is 0.475 e. The second-order valence-corrected chi connectivity index (χ2v) is 14.5. The van der Waals surface area contributed by atoms with E-state index in [-0.39, 0.29) is 12.2 Å². The normalized spacial score (nSPS) is 19.9. The molecule has 44 heavy (non-hydrogen) atoms. The Bertz CT molecular complexity index is 929.